The molecule has 0 saturated heterocycles. The Bertz CT molecular complexity index is 729. The fourth-order valence-electron chi connectivity index (χ4n) is 2.16. The van der Waals surface area contributed by atoms with Crippen molar-refractivity contribution in [2.45, 2.75) is 6.54 Å². The topological polar surface area (TPSA) is 4.93 Å². The van der Waals surface area contributed by atoms with Crippen LogP contribution >= 0.6 is 39.1 Å². The van der Waals surface area contributed by atoms with Crippen LogP contribution in [0.5, 0.6) is 0 Å². The molecule has 0 fully saturated rings. The van der Waals surface area contributed by atoms with Crippen LogP contribution in [0.15, 0.2) is 53.1 Å². The fraction of sp³-hybridized carbons (Fsp3) is 0.0667. The SMILES string of the molecule is Clc1cccc(Cl)c1Cn1ccc2cc(Br)ccc21. The molecule has 19 heavy (non-hydrogen) atoms. The van der Waals surface area contributed by atoms with Crippen molar-refractivity contribution in [3.63, 3.8) is 0 Å². The maximum absolute atomic E-state index is 6.22. The number of hydrogen-bond donors (Lipinski definition) is 0. The third-order valence-electron chi connectivity index (χ3n) is 3.12. The second kappa shape index (κ2) is 5.20. The molecule has 0 amide bonds. The van der Waals surface area contributed by atoms with Crippen molar-refractivity contribution in [3.05, 3.63) is 68.7 Å². The van der Waals surface area contributed by atoms with Crippen molar-refractivity contribution >= 4 is 50.0 Å². The Hall–Kier alpha value is -0.960. The fourth-order valence-corrected chi connectivity index (χ4v) is 3.06. The molecule has 1 aromatic heterocycles. The molecular weight excluding hydrogens is 345 g/mol. The number of hydrogen-bond acceptors (Lipinski definition) is 0. The molecule has 0 radical (unpaired) electrons. The van der Waals surface area contributed by atoms with Gasteiger partial charge in [-0.1, -0.05) is 45.2 Å². The number of benzene rings is 2. The molecule has 1 nitrogen and oxygen atoms in total. The van der Waals surface area contributed by atoms with E-state index in [0.29, 0.717) is 16.6 Å². The van der Waals surface area contributed by atoms with Gasteiger partial charge in [0.1, 0.15) is 0 Å². The van der Waals surface area contributed by atoms with Gasteiger partial charge in [0.25, 0.3) is 0 Å². The van der Waals surface area contributed by atoms with Crippen LogP contribution in [-0.2, 0) is 6.54 Å². The minimum atomic E-state index is 0.670. The smallest absolute Gasteiger partial charge is 0.0505 e. The summed E-state index contributed by atoms with van der Waals surface area (Å²) in [6, 6.07) is 13.9. The van der Waals surface area contributed by atoms with Crippen molar-refractivity contribution in [3.8, 4) is 0 Å². The zero-order valence-corrected chi connectivity index (χ0v) is 13.0. The summed E-state index contributed by atoms with van der Waals surface area (Å²) >= 11 is 15.9. The molecule has 0 atom stereocenters. The molecule has 2 aromatic carbocycles. The number of nitrogens with zero attached hydrogens (tertiary/aromatic N) is 1. The molecule has 0 bridgehead atoms. The van der Waals surface area contributed by atoms with Gasteiger partial charge in [-0.2, -0.15) is 0 Å². The molecule has 4 heteroatoms. The Morgan fingerprint density at radius 3 is 2.47 bits per heavy atom. The second-order valence-corrected chi connectivity index (χ2v) is 6.08. The van der Waals surface area contributed by atoms with Crippen molar-refractivity contribution in [2.75, 3.05) is 0 Å². The maximum Gasteiger partial charge on any atom is 0.0505 e. The van der Waals surface area contributed by atoms with Crippen LogP contribution in [-0.4, -0.2) is 4.57 Å². The largest absolute Gasteiger partial charge is 0.343 e. The molecule has 3 rings (SSSR count). The van der Waals surface area contributed by atoms with Crippen molar-refractivity contribution in [1.82, 2.24) is 4.57 Å². The first-order valence-corrected chi connectivity index (χ1v) is 7.37. The lowest BCUT2D eigenvalue weighted by molar-refractivity contribution is 0.837. The van der Waals surface area contributed by atoms with E-state index in [1.54, 1.807) is 0 Å². The predicted molar refractivity (Wildman–Crippen MR) is 85.2 cm³/mol. The summed E-state index contributed by atoms with van der Waals surface area (Å²) in [4.78, 5) is 0. The highest BCUT2D eigenvalue weighted by molar-refractivity contribution is 9.10. The lowest BCUT2D eigenvalue weighted by atomic mass is 10.2. The standard InChI is InChI=1S/C15H10BrCl2N/c16-11-4-5-15-10(8-11)6-7-19(15)9-12-13(17)2-1-3-14(12)18/h1-8H,9H2. The molecule has 0 aliphatic rings. The van der Waals surface area contributed by atoms with Gasteiger partial charge < -0.3 is 4.57 Å². The first-order valence-electron chi connectivity index (χ1n) is 5.82. The predicted octanol–water partition coefficient (Wildman–Crippen LogP) is 5.76. The minimum Gasteiger partial charge on any atom is -0.343 e. The average Bonchev–Trinajstić information content (AvgIpc) is 2.76. The zero-order chi connectivity index (χ0) is 13.4. The summed E-state index contributed by atoms with van der Waals surface area (Å²) < 4.78 is 3.23. The van der Waals surface area contributed by atoms with Gasteiger partial charge in [-0.25, -0.2) is 0 Å². The maximum atomic E-state index is 6.22. The molecule has 0 aliphatic heterocycles. The van der Waals surface area contributed by atoms with Gasteiger partial charge in [0.05, 0.1) is 6.54 Å². The van der Waals surface area contributed by atoms with E-state index in [-0.39, 0.29) is 0 Å². The first kappa shape index (κ1) is 13.0. The number of fused-ring (bicyclic) bond motifs is 1. The Kier molecular flexibility index (Phi) is 3.57. The van der Waals surface area contributed by atoms with Crippen LogP contribution in [0.2, 0.25) is 10.0 Å². The van der Waals surface area contributed by atoms with Crippen LogP contribution in [0.3, 0.4) is 0 Å². The highest BCUT2D eigenvalue weighted by Gasteiger charge is 2.08. The number of rotatable bonds is 2. The molecule has 1 heterocycles. The van der Waals surface area contributed by atoms with Gasteiger partial charge in [0, 0.05) is 37.2 Å². The van der Waals surface area contributed by atoms with Crippen LogP contribution < -0.4 is 0 Å². The Morgan fingerprint density at radius 1 is 1.00 bits per heavy atom. The van der Waals surface area contributed by atoms with Crippen LogP contribution in [0.1, 0.15) is 5.56 Å². The molecule has 0 saturated carbocycles. The average molecular weight is 355 g/mol. The summed E-state index contributed by atoms with van der Waals surface area (Å²) in [5.74, 6) is 0. The summed E-state index contributed by atoms with van der Waals surface area (Å²) in [7, 11) is 0. The van der Waals surface area contributed by atoms with Crippen LogP contribution in [0, 0.1) is 0 Å². The molecule has 3 aromatic rings. The molecule has 0 N–H and O–H groups in total. The summed E-state index contributed by atoms with van der Waals surface area (Å²) in [5, 5.41) is 2.59. The van der Waals surface area contributed by atoms with E-state index in [1.807, 2.05) is 24.3 Å². The van der Waals surface area contributed by atoms with Crippen LogP contribution in [0.25, 0.3) is 10.9 Å². The molecule has 0 spiro atoms. The second-order valence-electron chi connectivity index (χ2n) is 4.35. The van der Waals surface area contributed by atoms with E-state index in [0.717, 1.165) is 10.0 Å². The minimum absolute atomic E-state index is 0.670. The van der Waals surface area contributed by atoms with Gasteiger partial charge in [-0.15, -0.1) is 0 Å². The zero-order valence-electron chi connectivity index (χ0n) is 9.91. The van der Waals surface area contributed by atoms with Gasteiger partial charge in [-0.05, 0) is 36.4 Å². The van der Waals surface area contributed by atoms with Crippen molar-refractivity contribution in [1.29, 1.82) is 0 Å². The Morgan fingerprint density at radius 2 is 1.74 bits per heavy atom. The van der Waals surface area contributed by atoms with E-state index in [4.69, 9.17) is 23.2 Å². The number of aromatic nitrogens is 1. The van der Waals surface area contributed by atoms with Gasteiger partial charge in [0.15, 0.2) is 0 Å². The summed E-state index contributed by atoms with van der Waals surface area (Å²) in [6.45, 7) is 0.670. The summed E-state index contributed by atoms with van der Waals surface area (Å²) in [6.07, 6.45) is 2.05. The highest BCUT2D eigenvalue weighted by Crippen LogP contribution is 2.27. The summed E-state index contributed by atoms with van der Waals surface area (Å²) in [5.41, 5.74) is 2.12. The third kappa shape index (κ3) is 2.53. The Balaban J connectivity index is 2.06. The molecule has 0 aliphatic carbocycles. The molecular formula is C15H10BrCl2N. The monoisotopic (exact) mass is 353 g/mol. The van der Waals surface area contributed by atoms with E-state index >= 15 is 0 Å². The van der Waals surface area contributed by atoms with E-state index in [9.17, 15) is 0 Å². The van der Waals surface area contributed by atoms with Gasteiger partial charge >= 0.3 is 0 Å². The quantitative estimate of drug-likeness (QED) is 0.551. The van der Waals surface area contributed by atoms with E-state index < -0.39 is 0 Å². The van der Waals surface area contributed by atoms with Gasteiger partial charge in [0.2, 0.25) is 0 Å². The van der Waals surface area contributed by atoms with E-state index in [1.165, 1.54) is 10.9 Å². The van der Waals surface area contributed by atoms with E-state index in [2.05, 4.69) is 44.9 Å². The highest BCUT2D eigenvalue weighted by atomic mass is 79.9. The van der Waals surface area contributed by atoms with Gasteiger partial charge in [-0.3, -0.25) is 0 Å². The Labute approximate surface area is 129 Å². The third-order valence-corrected chi connectivity index (χ3v) is 4.32. The molecule has 0 unspecified atom stereocenters. The normalized spacial score (nSPS) is 11.1. The van der Waals surface area contributed by atoms with Crippen molar-refractivity contribution < 1.29 is 0 Å². The first-order chi connectivity index (χ1) is 9.15. The van der Waals surface area contributed by atoms with Crippen LogP contribution in [0.4, 0.5) is 0 Å². The molecule has 96 valence electrons. The van der Waals surface area contributed by atoms with Crippen molar-refractivity contribution in [2.24, 2.45) is 0 Å². The number of halogens is 3. The lowest BCUT2D eigenvalue weighted by Gasteiger charge is -2.09. The lowest BCUT2D eigenvalue weighted by Crippen LogP contribution is -1.99.